The van der Waals surface area contributed by atoms with Crippen LogP contribution in [-0.2, 0) is 32.0 Å². The maximum absolute atomic E-state index is 14.3. The van der Waals surface area contributed by atoms with Gasteiger partial charge in [-0.05, 0) is 49.1 Å². The summed E-state index contributed by atoms with van der Waals surface area (Å²) in [5.41, 5.74) is 2.50. The maximum atomic E-state index is 14.3. The molecule has 0 N–H and O–H groups in total. The first-order chi connectivity index (χ1) is 19.1. The fourth-order valence-corrected chi connectivity index (χ4v) is 5.45. The lowest BCUT2D eigenvalue weighted by molar-refractivity contribution is -0.163. The number of hydrogen-bond donors (Lipinski definition) is 0. The minimum Gasteiger partial charge on any atom is -0.493 e. The van der Waals surface area contributed by atoms with Crippen LogP contribution in [0.5, 0.6) is 17.2 Å². The molecule has 0 spiro atoms. The lowest BCUT2D eigenvalue weighted by Gasteiger charge is -2.38. The number of fused-ring (bicyclic) bond motifs is 1. The molecule has 2 atom stereocenters. The van der Waals surface area contributed by atoms with E-state index in [0.717, 1.165) is 42.4 Å². The number of amides is 1. The normalized spacial score (nSPS) is 17.8. The monoisotopic (exact) mass is 529 g/mol. The van der Waals surface area contributed by atoms with Gasteiger partial charge in [-0.15, -0.1) is 0 Å². The average molecular weight is 530 g/mol. The fraction of sp³-hybridized carbons (Fsp3) is 0.375. The Labute approximate surface area is 229 Å². The molecular formula is C32H35NO6. The molecule has 5 rings (SSSR count). The molecule has 0 bridgehead atoms. The molecule has 0 saturated heterocycles. The van der Waals surface area contributed by atoms with E-state index in [0.29, 0.717) is 17.2 Å². The number of hydrogen-bond acceptors (Lipinski definition) is 6. The van der Waals surface area contributed by atoms with Crippen molar-refractivity contribution in [2.75, 3.05) is 13.7 Å². The molecule has 1 fully saturated rings. The van der Waals surface area contributed by atoms with Gasteiger partial charge in [0.2, 0.25) is 0 Å². The van der Waals surface area contributed by atoms with Crippen molar-refractivity contribution in [3.8, 4) is 17.2 Å². The molecular weight excluding hydrogens is 494 g/mol. The molecule has 2 aliphatic rings. The van der Waals surface area contributed by atoms with Crippen LogP contribution in [0.1, 0.15) is 55.4 Å². The van der Waals surface area contributed by atoms with Gasteiger partial charge in [0.15, 0.2) is 17.6 Å². The quantitative estimate of drug-likeness (QED) is 0.316. The first-order valence-corrected chi connectivity index (χ1v) is 13.7. The molecule has 1 saturated carbocycles. The summed E-state index contributed by atoms with van der Waals surface area (Å²) in [6.45, 7) is 2.21. The molecule has 204 valence electrons. The first-order valence-electron chi connectivity index (χ1n) is 13.7. The van der Waals surface area contributed by atoms with E-state index in [-0.39, 0.29) is 31.6 Å². The zero-order valence-electron chi connectivity index (χ0n) is 22.5. The fourth-order valence-electron chi connectivity index (χ4n) is 5.45. The minimum atomic E-state index is -0.825. The van der Waals surface area contributed by atoms with Gasteiger partial charge in [0.1, 0.15) is 11.8 Å². The van der Waals surface area contributed by atoms with Crippen LogP contribution in [0.2, 0.25) is 0 Å². The van der Waals surface area contributed by atoms with E-state index in [1.54, 1.807) is 18.9 Å². The number of rotatable bonds is 9. The molecule has 3 aromatic rings. The van der Waals surface area contributed by atoms with Gasteiger partial charge >= 0.3 is 5.97 Å². The highest BCUT2D eigenvalue weighted by Crippen LogP contribution is 2.42. The Morgan fingerprint density at radius 2 is 1.64 bits per heavy atom. The largest absolute Gasteiger partial charge is 0.493 e. The highest BCUT2D eigenvalue weighted by Gasteiger charge is 2.41. The Morgan fingerprint density at radius 1 is 0.949 bits per heavy atom. The van der Waals surface area contributed by atoms with Crippen LogP contribution in [0.15, 0.2) is 72.8 Å². The predicted molar refractivity (Wildman–Crippen MR) is 147 cm³/mol. The minimum absolute atomic E-state index is 0.0208. The van der Waals surface area contributed by atoms with Gasteiger partial charge in [-0.25, -0.2) is 4.79 Å². The zero-order chi connectivity index (χ0) is 27.2. The van der Waals surface area contributed by atoms with Crippen molar-refractivity contribution in [3.05, 3.63) is 89.5 Å². The van der Waals surface area contributed by atoms with Crippen molar-refractivity contribution >= 4 is 11.9 Å². The van der Waals surface area contributed by atoms with Crippen LogP contribution in [0.4, 0.5) is 0 Å². The Bertz CT molecular complexity index is 1270. The second kappa shape index (κ2) is 12.3. The highest BCUT2D eigenvalue weighted by atomic mass is 16.5. The van der Waals surface area contributed by atoms with Gasteiger partial charge in [0, 0.05) is 18.5 Å². The van der Waals surface area contributed by atoms with E-state index in [1.165, 1.54) is 0 Å². The van der Waals surface area contributed by atoms with Gasteiger partial charge in [-0.2, -0.15) is 0 Å². The lowest BCUT2D eigenvalue weighted by atomic mass is 9.91. The number of nitrogens with zero attached hydrogens (tertiary/aromatic N) is 1. The van der Waals surface area contributed by atoms with Crippen LogP contribution < -0.4 is 9.47 Å². The third kappa shape index (κ3) is 5.93. The standard InChI is InChI=1S/C32H35NO6/c1-3-37-32(35)27-20-26-23(18-19-28(36-2)30(26)39-25-14-8-5-9-15-25)21-33(27)31(34)29(22-12-6-4-7-13-22)38-24-16-10-11-17-24/h4-9,12-15,18-19,24,27,29H,3,10-11,16-17,20-21H2,1-2H3. The van der Waals surface area contributed by atoms with E-state index in [4.69, 9.17) is 18.9 Å². The van der Waals surface area contributed by atoms with E-state index < -0.39 is 18.1 Å². The summed E-state index contributed by atoms with van der Waals surface area (Å²) in [7, 11) is 1.59. The maximum Gasteiger partial charge on any atom is 0.329 e. The van der Waals surface area contributed by atoms with Crippen molar-refractivity contribution in [1.29, 1.82) is 0 Å². The predicted octanol–water partition coefficient (Wildman–Crippen LogP) is 6.00. The number of para-hydroxylation sites is 1. The molecule has 7 heteroatoms. The number of benzene rings is 3. The van der Waals surface area contributed by atoms with Crippen LogP contribution in [0.25, 0.3) is 0 Å². The number of ether oxygens (including phenoxy) is 4. The molecule has 1 aliphatic heterocycles. The molecule has 0 aromatic heterocycles. The first kappa shape index (κ1) is 26.8. The summed E-state index contributed by atoms with van der Waals surface area (Å²) in [4.78, 5) is 29.2. The van der Waals surface area contributed by atoms with Crippen molar-refractivity contribution in [2.24, 2.45) is 0 Å². The van der Waals surface area contributed by atoms with Crippen LogP contribution in [0.3, 0.4) is 0 Å². The van der Waals surface area contributed by atoms with Gasteiger partial charge in [-0.1, -0.05) is 67.4 Å². The highest BCUT2D eigenvalue weighted by molar-refractivity contribution is 5.89. The lowest BCUT2D eigenvalue weighted by Crippen LogP contribution is -2.51. The van der Waals surface area contributed by atoms with E-state index in [2.05, 4.69) is 0 Å². The van der Waals surface area contributed by atoms with E-state index in [1.807, 2.05) is 72.8 Å². The van der Waals surface area contributed by atoms with Gasteiger partial charge in [-0.3, -0.25) is 4.79 Å². The van der Waals surface area contributed by atoms with E-state index >= 15 is 0 Å². The van der Waals surface area contributed by atoms with Gasteiger partial charge in [0.25, 0.3) is 5.91 Å². The number of carbonyl (C=O) groups is 2. The average Bonchev–Trinajstić information content (AvgIpc) is 3.50. The summed E-state index contributed by atoms with van der Waals surface area (Å²) in [6, 6.07) is 21.9. The van der Waals surface area contributed by atoms with Gasteiger partial charge < -0.3 is 23.8 Å². The van der Waals surface area contributed by atoms with Crippen molar-refractivity contribution < 1.29 is 28.5 Å². The molecule has 1 amide bonds. The Balaban J connectivity index is 1.52. The summed E-state index contributed by atoms with van der Waals surface area (Å²) in [5.74, 6) is 1.08. The molecule has 7 nitrogen and oxygen atoms in total. The Morgan fingerprint density at radius 3 is 2.31 bits per heavy atom. The summed E-state index contributed by atoms with van der Waals surface area (Å²) < 4.78 is 23.8. The number of esters is 1. The summed E-state index contributed by atoms with van der Waals surface area (Å²) in [5, 5.41) is 0. The molecule has 39 heavy (non-hydrogen) atoms. The summed E-state index contributed by atoms with van der Waals surface area (Å²) in [6.07, 6.45) is 3.51. The second-order valence-electron chi connectivity index (χ2n) is 9.92. The van der Waals surface area contributed by atoms with Crippen molar-refractivity contribution in [2.45, 2.75) is 63.8 Å². The molecule has 0 radical (unpaired) electrons. The third-order valence-electron chi connectivity index (χ3n) is 7.42. The Kier molecular flexibility index (Phi) is 8.47. The molecule has 3 aromatic carbocycles. The molecule has 1 aliphatic carbocycles. The summed E-state index contributed by atoms with van der Waals surface area (Å²) >= 11 is 0. The number of methoxy groups -OCH3 is 1. The van der Waals surface area contributed by atoms with Gasteiger partial charge in [0.05, 0.1) is 19.8 Å². The smallest absolute Gasteiger partial charge is 0.329 e. The molecule has 2 unspecified atom stereocenters. The molecule has 1 heterocycles. The van der Waals surface area contributed by atoms with Crippen LogP contribution >= 0.6 is 0 Å². The number of carbonyl (C=O) groups excluding carboxylic acids is 2. The Hall–Kier alpha value is -3.84. The SMILES string of the molecule is CCOC(=O)C1Cc2c(ccc(OC)c2Oc2ccccc2)CN1C(=O)C(OC1CCCC1)c1ccccc1. The second-order valence-corrected chi connectivity index (χ2v) is 9.92. The van der Waals surface area contributed by atoms with Crippen molar-refractivity contribution in [3.63, 3.8) is 0 Å². The third-order valence-corrected chi connectivity index (χ3v) is 7.42. The van der Waals surface area contributed by atoms with E-state index in [9.17, 15) is 9.59 Å². The van der Waals surface area contributed by atoms with Crippen LogP contribution in [-0.4, -0.2) is 42.6 Å². The van der Waals surface area contributed by atoms with Crippen LogP contribution in [0, 0.1) is 0 Å². The zero-order valence-corrected chi connectivity index (χ0v) is 22.5. The van der Waals surface area contributed by atoms with Crippen molar-refractivity contribution in [1.82, 2.24) is 4.90 Å². The topological polar surface area (TPSA) is 74.3 Å².